The van der Waals surface area contributed by atoms with Crippen LogP contribution in [-0.2, 0) is 14.2 Å². The van der Waals surface area contributed by atoms with Crippen molar-refractivity contribution in [3.05, 3.63) is 34.9 Å². The summed E-state index contributed by atoms with van der Waals surface area (Å²) in [7, 11) is 0. The van der Waals surface area contributed by atoms with Crippen LogP contribution < -0.4 is 0 Å². The van der Waals surface area contributed by atoms with Crippen LogP contribution in [0.2, 0.25) is 0 Å². The van der Waals surface area contributed by atoms with Crippen LogP contribution in [0.25, 0.3) is 0 Å². The van der Waals surface area contributed by atoms with Gasteiger partial charge in [-0.1, -0.05) is 117 Å². The second kappa shape index (κ2) is 25.6. The Morgan fingerprint density at radius 2 is 0.825 bits per heavy atom. The Morgan fingerprint density at radius 3 is 1.25 bits per heavy atom. The highest BCUT2D eigenvalue weighted by atomic mass is 16.5. The Labute approximate surface area is 243 Å². The molecule has 0 spiro atoms. The average Bonchev–Trinajstić information content (AvgIpc) is 2.95. The topological polar surface area (TPSA) is 110 Å². The molecule has 40 heavy (non-hydrogen) atoms. The molecular formula is C33H56O7. The SMILES string of the molecule is CCCCCCCCOC(=O)c1ccc(C(=O)OCCCCCCCC)c(C(=O)OCCCCCCCC)c1.O. The van der Waals surface area contributed by atoms with Gasteiger partial charge in [-0.2, -0.15) is 0 Å². The minimum Gasteiger partial charge on any atom is -0.462 e. The smallest absolute Gasteiger partial charge is 0.339 e. The lowest BCUT2D eigenvalue weighted by Gasteiger charge is -2.12. The second-order valence-corrected chi connectivity index (χ2v) is 10.5. The summed E-state index contributed by atoms with van der Waals surface area (Å²) in [4.78, 5) is 38.4. The van der Waals surface area contributed by atoms with Gasteiger partial charge >= 0.3 is 17.9 Å². The zero-order valence-electron chi connectivity index (χ0n) is 25.5. The third-order valence-electron chi connectivity index (χ3n) is 6.89. The van der Waals surface area contributed by atoms with Gasteiger partial charge in [-0.3, -0.25) is 0 Å². The fourth-order valence-electron chi connectivity index (χ4n) is 4.40. The zero-order valence-corrected chi connectivity index (χ0v) is 25.5. The summed E-state index contributed by atoms with van der Waals surface area (Å²) in [5.41, 5.74) is 0.421. The van der Waals surface area contributed by atoms with Crippen LogP contribution in [0.1, 0.15) is 167 Å². The van der Waals surface area contributed by atoms with Crippen molar-refractivity contribution >= 4 is 17.9 Å². The molecule has 0 unspecified atom stereocenters. The van der Waals surface area contributed by atoms with Gasteiger partial charge in [0.15, 0.2) is 0 Å². The molecule has 7 nitrogen and oxygen atoms in total. The first-order valence-corrected chi connectivity index (χ1v) is 15.7. The molecule has 230 valence electrons. The van der Waals surface area contributed by atoms with Gasteiger partial charge in [0.2, 0.25) is 0 Å². The van der Waals surface area contributed by atoms with Crippen LogP contribution in [0.5, 0.6) is 0 Å². The van der Waals surface area contributed by atoms with E-state index in [0.717, 1.165) is 57.8 Å². The van der Waals surface area contributed by atoms with Crippen molar-refractivity contribution in [1.29, 1.82) is 0 Å². The van der Waals surface area contributed by atoms with E-state index in [1.807, 2.05) is 0 Å². The zero-order chi connectivity index (χ0) is 28.6. The number of carbonyl (C=O) groups is 3. The van der Waals surface area contributed by atoms with Crippen molar-refractivity contribution in [3.63, 3.8) is 0 Å². The fourth-order valence-corrected chi connectivity index (χ4v) is 4.40. The first-order valence-electron chi connectivity index (χ1n) is 15.7. The van der Waals surface area contributed by atoms with Crippen molar-refractivity contribution in [1.82, 2.24) is 0 Å². The van der Waals surface area contributed by atoms with E-state index >= 15 is 0 Å². The summed E-state index contributed by atoms with van der Waals surface area (Å²) in [5, 5.41) is 0. The molecule has 0 bridgehead atoms. The number of unbranched alkanes of at least 4 members (excludes halogenated alkanes) is 15. The first-order chi connectivity index (χ1) is 19.0. The minimum absolute atomic E-state index is 0. The van der Waals surface area contributed by atoms with Gasteiger partial charge in [-0.25, -0.2) is 14.4 Å². The largest absolute Gasteiger partial charge is 0.462 e. The lowest BCUT2D eigenvalue weighted by molar-refractivity contribution is 0.0448. The molecule has 1 rings (SSSR count). The van der Waals surface area contributed by atoms with E-state index in [2.05, 4.69) is 20.8 Å². The van der Waals surface area contributed by atoms with E-state index in [1.54, 1.807) is 0 Å². The standard InChI is InChI=1S/C33H54O6.H2O/c1-4-7-10-13-16-19-24-37-31(34)28-22-23-29(32(35)38-25-20-17-14-11-8-5-2)30(27-28)33(36)39-26-21-18-15-12-9-6-3;/h22-23,27H,4-21,24-26H2,1-3H3;1H2. The van der Waals surface area contributed by atoms with E-state index in [9.17, 15) is 14.4 Å². The van der Waals surface area contributed by atoms with Gasteiger partial charge in [-0.05, 0) is 37.5 Å². The normalized spacial score (nSPS) is 10.6. The number of hydrogen-bond acceptors (Lipinski definition) is 6. The molecule has 0 atom stereocenters. The maximum absolute atomic E-state index is 13.0. The van der Waals surface area contributed by atoms with Crippen molar-refractivity contribution in [2.45, 2.75) is 136 Å². The van der Waals surface area contributed by atoms with Gasteiger partial charge in [0, 0.05) is 0 Å². The number of benzene rings is 1. The van der Waals surface area contributed by atoms with E-state index in [4.69, 9.17) is 14.2 Å². The Hall–Kier alpha value is -2.41. The Kier molecular flexibility index (Phi) is 24.0. The third kappa shape index (κ3) is 17.3. The summed E-state index contributed by atoms with van der Waals surface area (Å²) in [6, 6.07) is 4.41. The number of hydrogen-bond donors (Lipinski definition) is 0. The molecule has 0 heterocycles. The Balaban J connectivity index is 0.0000152. The minimum atomic E-state index is -0.611. The van der Waals surface area contributed by atoms with E-state index < -0.39 is 17.9 Å². The van der Waals surface area contributed by atoms with Crippen LogP contribution >= 0.6 is 0 Å². The van der Waals surface area contributed by atoms with Gasteiger partial charge < -0.3 is 19.7 Å². The quantitative estimate of drug-likeness (QED) is 0.0708. The van der Waals surface area contributed by atoms with Crippen molar-refractivity contribution < 1.29 is 34.1 Å². The molecule has 1 aromatic rings. The second-order valence-electron chi connectivity index (χ2n) is 10.5. The molecule has 0 aliphatic rings. The molecule has 0 aliphatic heterocycles. The van der Waals surface area contributed by atoms with Gasteiger partial charge in [0.25, 0.3) is 0 Å². The van der Waals surface area contributed by atoms with E-state index in [1.165, 1.54) is 76.0 Å². The van der Waals surface area contributed by atoms with Gasteiger partial charge in [-0.15, -0.1) is 0 Å². The molecule has 0 saturated heterocycles. The molecule has 0 fully saturated rings. The van der Waals surface area contributed by atoms with Crippen LogP contribution in [0.3, 0.4) is 0 Å². The maximum Gasteiger partial charge on any atom is 0.339 e. The highest BCUT2D eigenvalue weighted by Crippen LogP contribution is 2.18. The summed E-state index contributed by atoms with van der Waals surface area (Å²) in [6.45, 7) is 7.46. The van der Waals surface area contributed by atoms with E-state index in [-0.39, 0.29) is 28.8 Å². The van der Waals surface area contributed by atoms with Gasteiger partial charge in [0.1, 0.15) is 0 Å². The highest BCUT2D eigenvalue weighted by molar-refractivity contribution is 6.05. The molecule has 0 saturated carbocycles. The number of esters is 3. The molecule has 0 aliphatic carbocycles. The fraction of sp³-hybridized carbons (Fsp3) is 0.727. The predicted octanol–water partition coefficient (Wildman–Crippen LogP) is 8.41. The average molecular weight is 565 g/mol. The Morgan fingerprint density at radius 1 is 0.475 bits per heavy atom. The van der Waals surface area contributed by atoms with Crippen LogP contribution in [-0.4, -0.2) is 43.2 Å². The van der Waals surface area contributed by atoms with E-state index in [0.29, 0.717) is 13.2 Å². The van der Waals surface area contributed by atoms with Crippen molar-refractivity contribution in [2.24, 2.45) is 0 Å². The maximum atomic E-state index is 13.0. The number of rotatable bonds is 24. The van der Waals surface area contributed by atoms with Crippen molar-refractivity contribution in [2.75, 3.05) is 19.8 Å². The molecule has 0 aromatic heterocycles. The molecule has 1 aromatic carbocycles. The van der Waals surface area contributed by atoms with Crippen molar-refractivity contribution in [3.8, 4) is 0 Å². The number of carbonyl (C=O) groups excluding carboxylic acids is 3. The Bertz CT molecular complexity index is 806. The molecule has 0 radical (unpaired) electrons. The van der Waals surface area contributed by atoms with Crippen LogP contribution in [0.15, 0.2) is 18.2 Å². The molecule has 0 amide bonds. The molecule has 7 heteroatoms. The third-order valence-corrected chi connectivity index (χ3v) is 6.89. The summed E-state index contributed by atoms with van der Waals surface area (Å²) in [5.74, 6) is -1.68. The number of ether oxygens (including phenoxy) is 3. The van der Waals surface area contributed by atoms with Crippen LogP contribution in [0.4, 0.5) is 0 Å². The monoisotopic (exact) mass is 564 g/mol. The lowest BCUT2D eigenvalue weighted by atomic mass is 10.0. The van der Waals surface area contributed by atoms with Crippen LogP contribution in [0, 0.1) is 0 Å². The molecule has 2 N–H and O–H groups in total. The highest BCUT2D eigenvalue weighted by Gasteiger charge is 2.22. The lowest BCUT2D eigenvalue weighted by Crippen LogP contribution is -2.17. The summed E-state index contributed by atoms with van der Waals surface area (Å²) >= 11 is 0. The summed E-state index contributed by atoms with van der Waals surface area (Å²) < 4.78 is 16.4. The molecular weight excluding hydrogens is 508 g/mol. The predicted molar refractivity (Wildman–Crippen MR) is 161 cm³/mol. The summed E-state index contributed by atoms with van der Waals surface area (Å²) in [6.07, 6.45) is 19.6. The van der Waals surface area contributed by atoms with Gasteiger partial charge in [0.05, 0.1) is 36.5 Å². The first kappa shape index (κ1) is 37.6.